The standard InChI is InChI=1S/C28H23N3O7/c1-15(2)38-23-11-7-19(12-16(23)3)26(33)24-25(18-6-10-22(32)21(13-18)31(36)37)30(28(35)27(24)34)20-8-4-17(14-29)5-9-20/h4-13,15,25,32-33H,1-3H3/b26-24-. The minimum absolute atomic E-state index is 0.0869. The van der Waals surface area contributed by atoms with Gasteiger partial charge in [0.2, 0.25) is 0 Å². The maximum atomic E-state index is 13.3. The molecule has 10 nitrogen and oxygen atoms in total. The fraction of sp³-hybridized carbons (Fsp3) is 0.179. The number of nitro benzene ring substituents is 1. The van der Waals surface area contributed by atoms with Crippen LogP contribution in [0.1, 0.15) is 42.1 Å². The van der Waals surface area contributed by atoms with Crippen LogP contribution in [0.4, 0.5) is 11.4 Å². The highest BCUT2D eigenvalue weighted by Crippen LogP contribution is 2.44. The number of ether oxygens (including phenoxy) is 1. The van der Waals surface area contributed by atoms with E-state index in [4.69, 9.17) is 10.00 Å². The van der Waals surface area contributed by atoms with E-state index in [2.05, 4.69) is 0 Å². The smallest absolute Gasteiger partial charge is 0.311 e. The molecule has 3 aromatic rings. The monoisotopic (exact) mass is 513 g/mol. The lowest BCUT2D eigenvalue weighted by Crippen LogP contribution is -2.29. The number of nitro groups is 1. The summed E-state index contributed by atoms with van der Waals surface area (Å²) in [5.74, 6) is -2.44. The van der Waals surface area contributed by atoms with Crippen LogP contribution < -0.4 is 9.64 Å². The lowest BCUT2D eigenvalue weighted by molar-refractivity contribution is -0.385. The van der Waals surface area contributed by atoms with E-state index in [1.54, 1.807) is 25.1 Å². The predicted molar refractivity (Wildman–Crippen MR) is 138 cm³/mol. The van der Waals surface area contributed by atoms with Crippen LogP contribution in [-0.2, 0) is 9.59 Å². The topological polar surface area (TPSA) is 154 Å². The second-order valence-electron chi connectivity index (χ2n) is 8.98. The molecule has 192 valence electrons. The van der Waals surface area contributed by atoms with E-state index in [1.165, 1.54) is 30.3 Å². The molecule has 1 aliphatic rings. The maximum Gasteiger partial charge on any atom is 0.311 e. The van der Waals surface area contributed by atoms with Crippen molar-refractivity contribution in [3.63, 3.8) is 0 Å². The molecule has 0 saturated carbocycles. The molecule has 1 amide bonds. The molecule has 3 aromatic carbocycles. The molecule has 0 aliphatic carbocycles. The van der Waals surface area contributed by atoms with Gasteiger partial charge in [0.15, 0.2) is 5.75 Å². The summed E-state index contributed by atoms with van der Waals surface area (Å²) >= 11 is 0. The first-order valence-corrected chi connectivity index (χ1v) is 11.6. The molecule has 38 heavy (non-hydrogen) atoms. The number of anilines is 1. The van der Waals surface area contributed by atoms with Gasteiger partial charge in [-0.3, -0.25) is 24.6 Å². The zero-order chi connectivity index (χ0) is 27.7. The van der Waals surface area contributed by atoms with E-state index in [9.17, 15) is 29.9 Å². The minimum Gasteiger partial charge on any atom is -0.507 e. The Balaban J connectivity index is 1.94. The Labute approximate surface area is 217 Å². The van der Waals surface area contributed by atoms with E-state index in [0.717, 1.165) is 17.0 Å². The van der Waals surface area contributed by atoms with Crippen LogP contribution in [0.2, 0.25) is 0 Å². The van der Waals surface area contributed by atoms with Crippen LogP contribution in [-0.4, -0.2) is 32.9 Å². The van der Waals surface area contributed by atoms with Crippen LogP contribution >= 0.6 is 0 Å². The zero-order valence-electron chi connectivity index (χ0n) is 20.7. The first kappa shape index (κ1) is 25.9. The van der Waals surface area contributed by atoms with Gasteiger partial charge in [0.05, 0.1) is 34.3 Å². The third kappa shape index (κ3) is 4.65. The summed E-state index contributed by atoms with van der Waals surface area (Å²) < 4.78 is 5.74. The fourth-order valence-electron chi connectivity index (χ4n) is 4.31. The summed E-state index contributed by atoms with van der Waals surface area (Å²) in [5, 5.41) is 42.0. The normalized spacial score (nSPS) is 16.5. The lowest BCUT2D eigenvalue weighted by atomic mass is 9.94. The Morgan fingerprint density at radius 3 is 2.37 bits per heavy atom. The minimum atomic E-state index is -1.26. The van der Waals surface area contributed by atoms with Crippen LogP contribution in [0.5, 0.6) is 11.5 Å². The zero-order valence-corrected chi connectivity index (χ0v) is 20.7. The van der Waals surface area contributed by atoms with Crippen molar-refractivity contribution >= 4 is 28.8 Å². The summed E-state index contributed by atoms with van der Waals surface area (Å²) in [7, 11) is 0. The molecule has 1 heterocycles. The van der Waals surface area contributed by atoms with Crippen molar-refractivity contribution in [1.29, 1.82) is 5.26 Å². The van der Waals surface area contributed by atoms with E-state index < -0.39 is 39.9 Å². The number of aryl methyl sites for hydroxylation is 1. The number of carbonyl (C=O) groups excluding carboxylic acids is 2. The van der Waals surface area contributed by atoms with Crippen molar-refractivity contribution < 1.29 is 29.5 Å². The van der Waals surface area contributed by atoms with Crippen LogP contribution in [0, 0.1) is 28.4 Å². The SMILES string of the molecule is Cc1cc(/C(O)=C2/C(=O)C(=O)N(c3ccc(C#N)cc3)C2c2ccc(O)c([N+](=O)[O-])c2)ccc1OC(C)C. The Morgan fingerprint density at radius 1 is 1.11 bits per heavy atom. The number of phenolic OH excluding ortho intramolecular Hbond substituents is 1. The van der Waals surface area contributed by atoms with E-state index in [1.807, 2.05) is 19.9 Å². The van der Waals surface area contributed by atoms with Crippen molar-refractivity contribution in [2.24, 2.45) is 0 Å². The summed E-state index contributed by atoms with van der Waals surface area (Å²) in [6.45, 7) is 5.51. The number of carbonyl (C=O) groups is 2. The number of hydrogen-bond acceptors (Lipinski definition) is 8. The largest absolute Gasteiger partial charge is 0.507 e. The van der Waals surface area contributed by atoms with E-state index in [0.29, 0.717) is 16.9 Å². The first-order valence-electron chi connectivity index (χ1n) is 11.6. The van der Waals surface area contributed by atoms with Gasteiger partial charge in [-0.1, -0.05) is 6.07 Å². The molecular weight excluding hydrogens is 490 g/mol. The van der Waals surface area contributed by atoms with Gasteiger partial charge in [0.25, 0.3) is 11.7 Å². The summed E-state index contributed by atoms with van der Waals surface area (Å²) in [6.07, 6.45) is -0.0869. The van der Waals surface area contributed by atoms with Crippen LogP contribution in [0.3, 0.4) is 0 Å². The first-order chi connectivity index (χ1) is 18.0. The third-order valence-corrected chi connectivity index (χ3v) is 6.04. The Hall–Kier alpha value is -5.17. The van der Waals surface area contributed by atoms with Gasteiger partial charge in [-0.2, -0.15) is 5.26 Å². The molecule has 1 atom stereocenters. The molecule has 4 rings (SSSR count). The number of aliphatic hydroxyl groups excluding tert-OH is 1. The second-order valence-corrected chi connectivity index (χ2v) is 8.98. The number of phenols is 1. The van der Waals surface area contributed by atoms with Crippen molar-refractivity contribution in [3.05, 3.63) is 98.6 Å². The van der Waals surface area contributed by atoms with Gasteiger partial charge in [0, 0.05) is 17.3 Å². The summed E-state index contributed by atoms with van der Waals surface area (Å²) in [5.41, 5.74) is 0.700. The lowest BCUT2D eigenvalue weighted by Gasteiger charge is -2.25. The number of nitrogens with zero attached hydrogens (tertiary/aromatic N) is 3. The number of benzene rings is 3. The Kier molecular flexibility index (Phi) is 6.86. The predicted octanol–water partition coefficient (Wildman–Crippen LogP) is 4.89. The average Bonchev–Trinajstić information content (AvgIpc) is 3.15. The van der Waals surface area contributed by atoms with Gasteiger partial charge >= 0.3 is 5.69 Å². The van der Waals surface area contributed by atoms with Gasteiger partial charge in [-0.25, -0.2) is 0 Å². The van der Waals surface area contributed by atoms with Gasteiger partial charge in [0.1, 0.15) is 11.5 Å². The Morgan fingerprint density at radius 2 is 1.79 bits per heavy atom. The van der Waals surface area contributed by atoms with Crippen molar-refractivity contribution in [2.75, 3.05) is 4.90 Å². The average molecular weight is 514 g/mol. The van der Waals surface area contributed by atoms with Gasteiger partial charge in [-0.15, -0.1) is 0 Å². The van der Waals surface area contributed by atoms with Gasteiger partial charge in [-0.05, 0) is 80.4 Å². The highest BCUT2D eigenvalue weighted by molar-refractivity contribution is 6.51. The number of amides is 1. The van der Waals surface area contributed by atoms with Crippen molar-refractivity contribution in [2.45, 2.75) is 32.9 Å². The number of hydrogen-bond donors (Lipinski definition) is 2. The number of aliphatic hydroxyl groups is 1. The number of aromatic hydroxyl groups is 1. The number of nitriles is 1. The Bertz CT molecular complexity index is 1530. The molecule has 0 bridgehead atoms. The number of ketones is 1. The molecule has 0 spiro atoms. The molecule has 0 aromatic heterocycles. The molecule has 2 N–H and O–H groups in total. The quantitative estimate of drug-likeness (QED) is 0.155. The molecule has 1 unspecified atom stereocenters. The molecule has 1 saturated heterocycles. The molecular formula is C28H23N3O7. The second kappa shape index (κ2) is 10.1. The molecule has 1 aliphatic heterocycles. The maximum absolute atomic E-state index is 13.3. The number of Topliss-reactive ketones (excluding diaryl/α,β-unsaturated/α-hetero) is 1. The molecule has 0 radical (unpaired) electrons. The van der Waals surface area contributed by atoms with Gasteiger partial charge < -0.3 is 14.9 Å². The van der Waals surface area contributed by atoms with E-state index >= 15 is 0 Å². The highest BCUT2D eigenvalue weighted by atomic mass is 16.6. The van der Waals surface area contributed by atoms with Crippen molar-refractivity contribution in [1.82, 2.24) is 0 Å². The van der Waals surface area contributed by atoms with Crippen LogP contribution in [0.25, 0.3) is 5.76 Å². The number of rotatable bonds is 6. The third-order valence-electron chi connectivity index (χ3n) is 6.04. The molecule has 1 fully saturated rings. The molecule has 10 heteroatoms. The summed E-state index contributed by atoms with van der Waals surface area (Å²) in [6, 6.07) is 14.9. The fourth-order valence-corrected chi connectivity index (χ4v) is 4.31. The van der Waals surface area contributed by atoms with Crippen molar-refractivity contribution in [3.8, 4) is 17.6 Å². The van der Waals surface area contributed by atoms with Crippen LogP contribution in [0.15, 0.2) is 66.2 Å². The van der Waals surface area contributed by atoms with E-state index in [-0.39, 0.29) is 28.5 Å². The highest BCUT2D eigenvalue weighted by Gasteiger charge is 2.47. The summed E-state index contributed by atoms with van der Waals surface area (Å²) in [4.78, 5) is 38.4.